The molecule has 1 aliphatic rings. The molecule has 1 aromatic carbocycles. The number of benzene rings is 1. The summed E-state index contributed by atoms with van der Waals surface area (Å²) < 4.78 is 27.4. The molecule has 0 aromatic heterocycles. The van der Waals surface area contributed by atoms with Crippen molar-refractivity contribution < 1.29 is 13.2 Å². The van der Waals surface area contributed by atoms with Gasteiger partial charge in [-0.2, -0.15) is 0 Å². The fourth-order valence-electron chi connectivity index (χ4n) is 2.45. The maximum Gasteiger partial charge on any atom is 0.240 e. The Labute approximate surface area is 125 Å². The molecule has 21 heavy (non-hydrogen) atoms. The number of sulfonamides is 1. The van der Waals surface area contributed by atoms with Crippen molar-refractivity contribution in [2.75, 3.05) is 18.4 Å². The van der Waals surface area contributed by atoms with Crippen LogP contribution in [0.15, 0.2) is 29.2 Å². The van der Waals surface area contributed by atoms with E-state index >= 15 is 0 Å². The standard InChI is InChI=1S/C14H21N3O3S/c1-10-7-13(9-15-8-10)17-21(19,20)14-5-3-12(4-6-14)16-11(2)18/h3-6,10,13,15,17H,7-9H2,1-2H3,(H,16,18). The summed E-state index contributed by atoms with van der Waals surface area (Å²) in [6, 6.07) is 6.06. The normalized spacial score (nSPS) is 22.8. The van der Waals surface area contributed by atoms with E-state index in [1.807, 2.05) is 0 Å². The van der Waals surface area contributed by atoms with Crippen molar-refractivity contribution in [3.8, 4) is 0 Å². The molecule has 1 aromatic rings. The molecule has 0 spiro atoms. The Morgan fingerprint density at radius 2 is 1.90 bits per heavy atom. The molecule has 1 saturated heterocycles. The molecule has 2 atom stereocenters. The van der Waals surface area contributed by atoms with Gasteiger partial charge < -0.3 is 10.6 Å². The zero-order valence-electron chi connectivity index (χ0n) is 12.2. The van der Waals surface area contributed by atoms with Gasteiger partial charge in [-0.3, -0.25) is 4.79 Å². The van der Waals surface area contributed by atoms with Crippen LogP contribution < -0.4 is 15.4 Å². The summed E-state index contributed by atoms with van der Waals surface area (Å²) >= 11 is 0. The third kappa shape index (κ3) is 4.52. The highest BCUT2D eigenvalue weighted by Crippen LogP contribution is 2.16. The minimum Gasteiger partial charge on any atom is -0.326 e. The van der Waals surface area contributed by atoms with Crippen LogP contribution >= 0.6 is 0 Å². The third-order valence-corrected chi connectivity index (χ3v) is 4.91. The Bertz CT molecular complexity index is 598. The molecule has 7 heteroatoms. The van der Waals surface area contributed by atoms with Crippen molar-refractivity contribution in [1.29, 1.82) is 0 Å². The van der Waals surface area contributed by atoms with Gasteiger partial charge in [0.25, 0.3) is 0 Å². The topological polar surface area (TPSA) is 87.3 Å². The number of hydrogen-bond acceptors (Lipinski definition) is 4. The van der Waals surface area contributed by atoms with Crippen LogP contribution in [0.25, 0.3) is 0 Å². The van der Waals surface area contributed by atoms with Crippen molar-refractivity contribution >= 4 is 21.6 Å². The molecule has 1 amide bonds. The van der Waals surface area contributed by atoms with Crippen molar-refractivity contribution in [3.63, 3.8) is 0 Å². The molecule has 116 valence electrons. The first kappa shape index (κ1) is 15.9. The van der Waals surface area contributed by atoms with Gasteiger partial charge in [-0.25, -0.2) is 13.1 Å². The van der Waals surface area contributed by atoms with E-state index in [1.165, 1.54) is 19.1 Å². The smallest absolute Gasteiger partial charge is 0.240 e. The van der Waals surface area contributed by atoms with Crippen LogP contribution in [0.3, 0.4) is 0 Å². The molecule has 1 heterocycles. The lowest BCUT2D eigenvalue weighted by Crippen LogP contribution is -2.48. The molecule has 6 nitrogen and oxygen atoms in total. The maximum atomic E-state index is 12.3. The first-order valence-electron chi connectivity index (χ1n) is 6.97. The predicted molar refractivity (Wildman–Crippen MR) is 81.5 cm³/mol. The van der Waals surface area contributed by atoms with Gasteiger partial charge in [0.2, 0.25) is 15.9 Å². The average molecular weight is 311 g/mol. The van der Waals surface area contributed by atoms with E-state index in [0.29, 0.717) is 18.2 Å². The summed E-state index contributed by atoms with van der Waals surface area (Å²) in [5, 5.41) is 5.82. The van der Waals surface area contributed by atoms with Crippen LogP contribution in [0.2, 0.25) is 0 Å². The van der Waals surface area contributed by atoms with Gasteiger partial charge in [0.05, 0.1) is 4.90 Å². The second kappa shape index (κ2) is 6.55. The second-order valence-electron chi connectivity index (χ2n) is 5.52. The summed E-state index contributed by atoms with van der Waals surface area (Å²) in [5.74, 6) is 0.264. The van der Waals surface area contributed by atoms with Gasteiger partial charge in [-0.1, -0.05) is 6.92 Å². The van der Waals surface area contributed by atoms with Crippen molar-refractivity contribution in [3.05, 3.63) is 24.3 Å². The number of anilines is 1. The number of amides is 1. The summed E-state index contributed by atoms with van der Waals surface area (Å²) in [4.78, 5) is 11.1. The summed E-state index contributed by atoms with van der Waals surface area (Å²) in [7, 11) is -3.53. The Balaban J connectivity index is 2.06. The largest absolute Gasteiger partial charge is 0.326 e. The molecule has 0 bridgehead atoms. The highest BCUT2D eigenvalue weighted by Gasteiger charge is 2.24. The summed E-state index contributed by atoms with van der Waals surface area (Å²) in [6.07, 6.45) is 0.830. The highest BCUT2D eigenvalue weighted by atomic mass is 32.2. The summed E-state index contributed by atoms with van der Waals surface area (Å²) in [6.45, 7) is 5.07. The van der Waals surface area contributed by atoms with Crippen LogP contribution in [-0.2, 0) is 14.8 Å². The first-order valence-corrected chi connectivity index (χ1v) is 8.46. The van der Waals surface area contributed by atoms with E-state index in [2.05, 4.69) is 22.3 Å². The zero-order valence-corrected chi connectivity index (χ0v) is 13.0. The number of piperidine rings is 1. The van der Waals surface area contributed by atoms with Gasteiger partial charge >= 0.3 is 0 Å². The van der Waals surface area contributed by atoms with E-state index in [-0.39, 0.29) is 16.8 Å². The van der Waals surface area contributed by atoms with Crippen LogP contribution in [0.1, 0.15) is 20.3 Å². The van der Waals surface area contributed by atoms with E-state index in [1.54, 1.807) is 12.1 Å². The predicted octanol–water partition coefficient (Wildman–Crippen LogP) is 0.921. The number of nitrogens with one attached hydrogen (secondary N) is 3. The molecule has 2 unspecified atom stereocenters. The van der Waals surface area contributed by atoms with E-state index < -0.39 is 10.0 Å². The monoisotopic (exact) mass is 311 g/mol. The lowest BCUT2D eigenvalue weighted by molar-refractivity contribution is -0.114. The number of rotatable bonds is 4. The molecular weight excluding hydrogens is 290 g/mol. The van der Waals surface area contributed by atoms with E-state index in [9.17, 15) is 13.2 Å². The fraction of sp³-hybridized carbons (Fsp3) is 0.500. The van der Waals surface area contributed by atoms with Crippen LogP contribution in [0.4, 0.5) is 5.69 Å². The maximum absolute atomic E-state index is 12.3. The lowest BCUT2D eigenvalue weighted by Gasteiger charge is -2.28. The average Bonchev–Trinajstić information content (AvgIpc) is 2.38. The number of carbonyl (C=O) groups excluding carboxylic acids is 1. The lowest BCUT2D eigenvalue weighted by atomic mass is 9.99. The van der Waals surface area contributed by atoms with Crippen LogP contribution in [0.5, 0.6) is 0 Å². The van der Waals surface area contributed by atoms with E-state index in [4.69, 9.17) is 0 Å². The van der Waals surface area contributed by atoms with Crippen LogP contribution in [-0.4, -0.2) is 33.5 Å². The van der Waals surface area contributed by atoms with Gasteiger partial charge in [0.15, 0.2) is 0 Å². The Hall–Kier alpha value is -1.44. The fourth-order valence-corrected chi connectivity index (χ4v) is 3.70. The van der Waals surface area contributed by atoms with Gasteiger partial charge in [-0.15, -0.1) is 0 Å². The molecule has 0 aliphatic carbocycles. The molecular formula is C14H21N3O3S. The molecule has 0 radical (unpaired) electrons. The number of hydrogen-bond donors (Lipinski definition) is 3. The Morgan fingerprint density at radius 3 is 2.48 bits per heavy atom. The molecule has 1 fully saturated rings. The molecule has 0 saturated carbocycles. The quantitative estimate of drug-likeness (QED) is 0.772. The molecule has 1 aliphatic heterocycles. The highest BCUT2D eigenvalue weighted by molar-refractivity contribution is 7.89. The van der Waals surface area contributed by atoms with Gasteiger partial charge in [-0.05, 0) is 43.1 Å². The molecule has 2 rings (SSSR count). The van der Waals surface area contributed by atoms with Crippen molar-refractivity contribution in [1.82, 2.24) is 10.0 Å². The first-order chi connectivity index (χ1) is 9.87. The summed E-state index contributed by atoms with van der Waals surface area (Å²) in [5.41, 5.74) is 0.578. The minimum atomic E-state index is -3.53. The number of carbonyl (C=O) groups is 1. The van der Waals surface area contributed by atoms with Crippen LogP contribution in [0, 0.1) is 5.92 Å². The second-order valence-corrected chi connectivity index (χ2v) is 7.24. The Kier molecular flexibility index (Phi) is 4.97. The van der Waals surface area contributed by atoms with Crippen molar-refractivity contribution in [2.24, 2.45) is 5.92 Å². The van der Waals surface area contributed by atoms with Crippen molar-refractivity contribution in [2.45, 2.75) is 31.2 Å². The minimum absolute atomic E-state index is 0.0891. The SMILES string of the molecule is CC(=O)Nc1ccc(S(=O)(=O)NC2CNCC(C)C2)cc1. The van der Waals surface area contributed by atoms with Gasteiger partial charge in [0, 0.05) is 25.2 Å². The third-order valence-electron chi connectivity index (χ3n) is 3.38. The van der Waals surface area contributed by atoms with E-state index in [0.717, 1.165) is 13.0 Å². The zero-order chi connectivity index (χ0) is 15.5. The van der Waals surface area contributed by atoms with Gasteiger partial charge in [0.1, 0.15) is 0 Å². The Morgan fingerprint density at radius 1 is 1.24 bits per heavy atom. The molecule has 3 N–H and O–H groups in total.